The molecule has 1 atom stereocenters. The van der Waals surface area contributed by atoms with Crippen molar-refractivity contribution in [1.82, 2.24) is 4.90 Å². The van der Waals surface area contributed by atoms with Gasteiger partial charge in [0.25, 0.3) is 0 Å². The van der Waals surface area contributed by atoms with Gasteiger partial charge in [-0.15, -0.1) is 0 Å². The Bertz CT molecular complexity index is 189. The van der Waals surface area contributed by atoms with Gasteiger partial charge in [0.2, 0.25) is 0 Å². The molecule has 15 heavy (non-hydrogen) atoms. The molecule has 2 heteroatoms. The molecule has 1 heterocycles. The minimum Gasteiger partial charge on any atom is -0.396 e. The van der Waals surface area contributed by atoms with Gasteiger partial charge in [0, 0.05) is 19.2 Å². The summed E-state index contributed by atoms with van der Waals surface area (Å²) < 4.78 is 0. The Morgan fingerprint density at radius 3 is 2.87 bits per heavy atom. The number of nitrogens with zero attached hydrogens (tertiary/aromatic N) is 1. The second-order valence-corrected chi connectivity index (χ2v) is 4.82. The minimum atomic E-state index is 0.277. The summed E-state index contributed by atoms with van der Waals surface area (Å²) >= 11 is 0. The fourth-order valence-electron chi connectivity index (χ4n) is 2.24. The maximum absolute atomic E-state index is 8.66. The van der Waals surface area contributed by atoms with Crippen LogP contribution in [-0.4, -0.2) is 35.7 Å². The highest BCUT2D eigenvalue weighted by Crippen LogP contribution is 2.21. The quantitative estimate of drug-likeness (QED) is 0.706. The smallest absolute Gasteiger partial charge is 0.0465 e. The average molecular weight is 211 g/mol. The van der Waals surface area contributed by atoms with Crippen LogP contribution < -0.4 is 0 Å². The third-order valence-electron chi connectivity index (χ3n) is 3.21. The molecule has 0 saturated carbocycles. The van der Waals surface area contributed by atoms with Crippen LogP contribution in [0.3, 0.4) is 0 Å². The summed E-state index contributed by atoms with van der Waals surface area (Å²) in [6, 6.07) is 0.689. The molecule has 1 unspecified atom stereocenters. The van der Waals surface area contributed by atoms with Gasteiger partial charge in [0.1, 0.15) is 0 Å². The van der Waals surface area contributed by atoms with Gasteiger partial charge in [-0.3, -0.25) is 0 Å². The molecule has 1 saturated heterocycles. The SMILES string of the molecule is CC(C)N1CCCC(C/C=C\CCO)C1. The first kappa shape index (κ1) is 12.7. The summed E-state index contributed by atoms with van der Waals surface area (Å²) in [6.45, 7) is 7.36. The van der Waals surface area contributed by atoms with Crippen LogP contribution >= 0.6 is 0 Å². The molecule has 0 radical (unpaired) electrons. The topological polar surface area (TPSA) is 23.5 Å². The predicted molar refractivity (Wildman–Crippen MR) is 64.9 cm³/mol. The van der Waals surface area contributed by atoms with Crippen molar-refractivity contribution in [3.63, 3.8) is 0 Å². The molecule has 0 bridgehead atoms. The van der Waals surface area contributed by atoms with Crippen molar-refractivity contribution in [1.29, 1.82) is 0 Å². The van der Waals surface area contributed by atoms with Gasteiger partial charge < -0.3 is 10.0 Å². The third kappa shape index (κ3) is 4.80. The highest BCUT2D eigenvalue weighted by atomic mass is 16.2. The summed E-state index contributed by atoms with van der Waals surface area (Å²) in [7, 11) is 0. The molecule has 1 aliphatic heterocycles. The van der Waals surface area contributed by atoms with Crippen LogP contribution in [-0.2, 0) is 0 Å². The molecule has 2 nitrogen and oxygen atoms in total. The van der Waals surface area contributed by atoms with Crippen molar-refractivity contribution in [2.45, 2.75) is 45.6 Å². The normalized spacial score (nSPS) is 24.1. The number of aliphatic hydroxyl groups is 1. The molecule has 0 aromatic heterocycles. The van der Waals surface area contributed by atoms with E-state index in [0.29, 0.717) is 6.04 Å². The van der Waals surface area contributed by atoms with Crippen molar-refractivity contribution in [3.8, 4) is 0 Å². The first-order valence-electron chi connectivity index (χ1n) is 6.24. The molecule has 0 aliphatic carbocycles. The van der Waals surface area contributed by atoms with Crippen LogP contribution in [0.1, 0.15) is 39.5 Å². The number of likely N-dealkylation sites (tertiary alicyclic amines) is 1. The molecule has 1 aliphatic rings. The van der Waals surface area contributed by atoms with Crippen LogP contribution in [0.4, 0.5) is 0 Å². The lowest BCUT2D eigenvalue weighted by Gasteiger charge is -2.35. The van der Waals surface area contributed by atoms with E-state index < -0.39 is 0 Å². The molecule has 1 fully saturated rings. The van der Waals surface area contributed by atoms with E-state index in [1.165, 1.54) is 32.4 Å². The molecule has 88 valence electrons. The maximum Gasteiger partial charge on any atom is 0.0465 e. The van der Waals surface area contributed by atoms with Crippen LogP contribution in [0, 0.1) is 5.92 Å². The highest BCUT2D eigenvalue weighted by molar-refractivity contribution is 4.86. The maximum atomic E-state index is 8.66. The van der Waals surface area contributed by atoms with Crippen molar-refractivity contribution in [2.75, 3.05) is 19.7 Å². The van der Waals surface area contributed by atoms with Gasteiger partial charge in [-0.2, -0.15) is 0 Å². The van der Waals surface area contributed by atoms with Crippen LogP contribution in [0.2, 0.25) is 0 Å². The van der Waals surface area contributed by atoms with E-state index >= 15 is 0 Å². The summed E-state index contributed by atoms with van der Waals surface area (Å²) in [5.41, 5.74) is 0. The van der Waals surface area contributed by atoms with Gasteiger partial charge in [-0.1, -0.05) is 12.2 Å². The minimum absolute atomic E-state index is 0.277. The Kier molecular flexibility index (Phi) is 5.96. The highest BCUT2D eigenvalue weighted by Gasteiger charge is 2.20. The second kappa shape index (κ2) is 7.02. The lowest BCUT2D eigenvalue weighted by Crippen LogP contribution is -2.39. The van der Waals surface area contributed by atoms with Crippen LogP contribution in [0.25, 0.3) is 0 Å². The fraction of sp³-hybridized carbons (Fsp3) is 0.846. The van der Waals surface area contributed by atoms with E-state index in [0.717, 1.165) is 12.3 Å². The predicted octanol–water partition coefficient (Wildman–Crippen LogP) is 2.44. The molecule has 1 rings (SSSR count). The van der Waals surface area contributed by atoms with E-state index in [-0.39, 0.29) is 6.61 Å². The molecular formula is C13H25NO. The molecule has 0 spiro atoms. The number of rotatable bonds is 5. The molecule has 0 aromatic carbocycles. The van der Waals surface area contributed by atoms with E-state index in [2.05, 4.69) is 30.9 Å². The standard InChI is InChI=1S/C13H25NO/c1-12(2)14-9-6-8-13(11-14)7-4-3-5-10-15/h3-4,12-13,15H,5-11H2,1-2H3/b4-3-. The monoisotopic (exact) mass is 211 g/mol. The van der Waals surface area contributed by atoms with Crippen molar-refractivity contribution in [3.05, 3.63) is 12.2 Å². The zero-order valence-electron chi connectivity index (χ0n) is 10.2. The summed E-state index contributed by atoms with van der Waals surface area (Å²) in [4.78, 5) is 2.58. The van der Waals surface area contributed by atoms with Gasteiger partial charge >= 0.3 is 0 Å². The number of allylic oxidation sites excluding steroid dienone is 1. The second-order valence-electron chi connectivity index (χ2n) is 4.82. The first-order valence-corrected chi connectivity index (χ1v) is 6.24. The fourth-order valence-corrected chi connectivity index (χ4v) is 2.24. The lowest BCUT2D eigenvalue weighted by atomic mass is 9.94. The van der Waals surface area contributed by atoms with Gasteiger partial charge in [-0.25, -0.2) is 0 Å². The zero-order chi connectivity index (χ0) is 11.1. The molecular weight excluding hydrogens is 186 g/mol. The zero-order valence-corrected chi connectivity index (χ0v) is 10.2. The van der Waals surface area contributed by atoms with Crippen LogP contribution in [0.5, 0.6) is 0 Å². The number of aliphatic hydroxyl groups excluding tert-OH is 1. The largest absolute Gasteiger partial charge is 0.396 e. The number of hydrogen-bond acceptors (Lipinski definition) is 2. The van der Waals surface area contributed by atoms with Gasteiger partial charge in [-0.05, 0) is 52.0 Å². The first-order chi connectivity index (χ1) is 7.24. The Balaban J connectivity index is 2.24. The number of piperidine rings is 1. The summed E-state index contributed by atoms with van der Waals surface area (Å²) in [5.74, 6) is 0.830. The van der Waals surface area contributed by atoms with Crippen molar-refractivity contribution >= 4 is 0 Å². The number of hydrogen-bond donors (Lipinski definition) is 1. The van der Waals surface area contributed by atoms with Crippen molar-refractivity contribution < 1.29 is 5.11 Å². The van der Waals surface area contributed by atoms with Crippen LogP contribution in [0.15, 0.2) is 12.2 Å². The van der Waals surface area contributed by atoms with Crippen molar-refractivity contribution in [2.24, 2.45) is 5.92 Å². The average Bonchev–Trinajstić information content (AvgIpc) is 2.25. The Labute approximate surface area is 94.0 Å². The molecule has 0 amide bonds. The Hall–Kier alpha value is -0.340. The summed E-state index contributed by atoms with van der Waals surface area (Å²) in [6.07, 6.45) is 9.05. The lowest BCUT2D eigenvalue weighted by molar-refractivity contribution is 0.141. The Morgan fingerprint density at radius 1 is 1.40 bits per heavy atom. The Morgan fingerprint density at radius 2 is 2.20 bits per heavy atom. The van der Waals surface area contributed by atoms with E-state index in [1.807, 2.05) is 0 Å². The summed E-state index contributed by atoms with van der Waals surface area (Å²) in [5, 5.41) is 8.66. The van der Waals surface area contributed by atoms with Gasteiger partial charge in [0.05, 0.1) is 0 Å². The molecule has 1 N–H and O–H groups in total. The van der Waals surface area contributed by atoms with Gasteiger partial charge in [0.15, 0.2) is 0 Å². The third-order valence-corrected chi connectivity index (χ3v) is 3.21. The van der Waals surface area contributed by atoms with E-state index in [9.17, 15) is 0 Å². The molecule has 0 aromatic rings. The van der Waals surface area contributed by atoms with E-state index in [4.69, 9.17) is 5.11 Å². The van der Waals surface area contributed by atoms with E-state index in [1.54, 1.807) is 0 Å².